The highest BCUT2D eigenvalue weighted by molar-refractivity contribution is 7.91. The van der Waals surface area contributed by atoms with E-state index in [-0.39, 0.29) is 68.9 Å². The number of sulfonamides is 1. The van der Waals surface area contributed by atoms with Crippen LogP contribution in [0, 0.1) is 5.82 Å². The van der Waals surface area contributed by atoms with Crippen molar-refractivity contribution in [2.24, 2.45) is 0 Å². The second-order valence-corrected chi connectivity index (χ2v) is 12.0. The van der Waals surface area contributed by atoms with E-state index in [1.807, 2.05) is 24.0 Å². The number of carbonyl (C=O) groups excluding carboxylic acids is 1. The van der Waals surface area contributed by atoms with Crippen molar-refractivity contribution in [3.05, 3.63) is 54.1 Å². The van der Waals surface area contributed by atoms with Gasteiger partial charge in [0.2, 0.25) is 10.0 Å². The number of unbranched alkanes of at least 4 members (excludes halogenated alkanes) is 1. The maximum absolute atomic E-state index is 14.6. The number of likely N-dealkylation sites (tertiary alicyclic amines) is 1. The molecule has 232 valence electrons. The number of amides is 1. The third kappa shape index (κ3) is 8.34. The third-order valence-electron chi connectivity index (χ3n) is 7.42. The van der Waals surface area contributed by atoms with Gasteiger partial charge in [0.05, 0.1) is 6.61 Å². The molecule has 2 saturated heterocycles. The number of aromatic nitrogens is 1. The first-order valence-corrected chi connectivity index (χ1v) is 14.5. The molecule has 0 unspecified atom stereocenters. The van der Waals surface area contributed by atoms with E-state index in [0.717, 1.165) is 18.4 Å². The summed E-state index contributed by atoms with van der Waals surface area (Å²) in [7, 11) is -4.09. The zero-order valence-electron chi connectivity index (χ0n) is 22.9. The number of piperidine rings is 1. The molecule has 0 saturated carbocycles. The van der Waals surface area contributed by atoms with Crippen LogP contribution in [0.4, 0.5) is 10.1 Å². The molecule has 1 aromatic carbocycles. The van der Waals surface area contributed by atoms with Crippen LogP contribution in [0.5, 0.6) is 5.75 Å². The molecule has 0 atom stereocenters. The minimum absolute atomic E-state index is 0. The van der Waals surface area contributed by atoms with Crippen molar-refractivity contribution in [2.75, 3.05) is 50.8 Å². The molecule has 41 heavy (non-hydrogen) atoms. The van der Waals surface area contributed by atoms with Crippen LogP contribution < -0.4 is 15.1 Å². The molecule has 2 aliphatic rings. The Balaban J connectivity index is 0.00000280. The predicted octanol–water partition coefficient (Wildman–Crippen LogP) is 3.66. The average molecular weight is 659 g/mol. The van der Waals surface area contributed by atoms with Crippen molar-refractivity contribution < 1.29 is 27.5 Å². The normalized spacial score (nSPS) is 17.4. The van der Waals surface area contributed by atoms with Crippen LogP contribution >= 0.6 is 37.2 Å². The van der Waals surface area contributed by atoms with Gasteiger partial charge in [0.1, 0.15) is 0 Å². The van der Waals surface area contributed by atoms with Crippen molar-refractivity contribution in [2.45, 2.75) is 43.9 Å². The summed E-state index contributed by atoms with van der Waals surface area (Å²) in [6, 6.07) is 8.57. The Bertz CT molecular complexity index is 1200. The molecule has 10 nitrogen and oxygen atoms in total. The van der Waals surface area contributed by atoms with Crippen molar-refractivity contribution in [3.63, 3.8) is 0 Å². The maximum atomic E-state index is 14.6. The lowest BCUT2D eigenvalue weighted by molar-refractivity contribution is -0.133. The first-order valence-electron chi connectivity index (χ1n) is 13.0. The summed E-state index contributed by atoms with van der Waals surface area (Å²) in [5.74, 6) is -1.15. The Labute approximate surface area is 259 Å². The molecule has 1 amide bonds. The van der Waals surface area contributed by atoms with Gasteiger partial charge in [-0.15, -0.1) is 37.2 Å². The fraction of sp³-hybridized carbons (Fsp3) is 0.538. The molecule has 1 aromatic heterocycles. The highest BCUT2D eigenvalue weighted by Crippen LogP contribution is 2.35. The molecule has 2 N–H and O–H groups in total. The Morgan fingerprint density at radius 3 is 2.34 bits per heavy atom. The fourth-order valence-corrected chi connectivity index (χ4v) is 7.21. The number of nitrogens with one attached hydrogen (secondary N) is 1. The Morgan fingerprint density at radius 2 is 1.78 bits per heavy atom. The van der Waals surface area contributed by atoms with Crippen LogP contribution in [-0.2, 0) is 21.4 Å². The van der Waals surface area contributed by atoms with Gasteiger partial charge in [-0.1, -0.05) is 19.4 Å². The number of nitrogens with zero attached hydrogens (tertiary/aromatic N) is 4. The van der Waals surface area contributed by atoms with Crippen molar-refractivity contribution in [1.29, 1.82) is 0 Å². The van der Waals surface area contributed by atoms with Gasteiger partial charge < -0.3 is 9.64 Å². The van der Waals surface area contributed by atoms with Gasteiger partial charge >= 0.3 is 0 Å². The van der Waals surface area contributed by atoms with Gasteiger partial charge in [-0.3, -0.25) is 19.9 Å². The van der Waals surface area contributed by atoms with Crippen LogP contribution in [0.3, 0.4) is 0 Å². The lowest BCUT2D eigenvalue weighted by atomic mass is 9.94. The van der Waals surface area contributed by atoms with Crippen LogP contribution in [-0.4, -0.2) is 84.3 Å². The van der Waals surface area contributed by atoms with Gasteiger partial charge in [0.25, 0.3) is 5.91 Å². The largest absolute Gasteiger partial charge is 0.491 e. The average Bonchev–Trinajstić information content (AvgIpc) is 2.94. The van der Waals surface area contributed by atoms with E-state index in [0.29, 0.717) is 45.0 Å². The van der Waals surface area contributed by atoms with Crippen LogP contribution in [0.25, 0.3) is 0 Å². The highest BCUT2D eigenvalue weighted by Gasteiger charge is 2.55. The highest BCUT2D eigenvalue weighted by atomic mass is 35.5. The van der Waals surface area contributed by atoms with E-state index >= 15 is 0 Å². The molecule has 0 radical (unpaired) electrons. The lowest BCUT2D eigenvalue weighted by Crippen LogP contribution is -2.63. The monoisotopic (exact) mass is 657 g/mol. The van der Waals surface area contributed by atoms with Crippen molar-refractivity contribution in [1.82, 2.24) is 19.7 Å². The maximum Gasteiger partial charge on any atom is 0.266 e. The molecule has 2 aliphatic heterocycles. The number of hydroxylamine groups is 1. The second kappa shape index (κ2) is 16.6. The Hall–Kier alpha value is -1.93. The van der Waals surface area contributed by atoms with Gasteiger partial charge in [-0.25, -0.2) is 18.3 Å². The standard InChI is InChI=1S/C26H36FN5O5S.3ClH/c1-2-3-17-37-24-7-6-22(18-23(24)27)31-13-15-32(16-14-31)38(35,36)26(25(33)29-34)8-11-30(12-9-26)20-21-5-4-10-28-19-21;;;/h4-7,10,18-19,34H,2-3,8-9,11-17,20H2,1H3,(H,29,33);3*1H. The summed E-state index contributed by atoms with van der Waals surface area (Å²) < 4.78 is 47.3. The second-order valence-electron chi connectivity index (χ2n) is 9.78. The Kier molecular flexibility index (Phi) is 15.1. The number of benzene rings is 1. The van der Waals surface area contributed by atoms with Gasteiger partial charge in [0, 0.05) is 70.0 Å². The molecule has 3 heterocycles. The van der Waals surface area contributed by atoms with Crippen molar-refractivity contribution >= 4 is 58.8 Å². The quantitative estimate of drug-likeness (QED) is 0.226. The van der Waals surface area contributed by atoms with Crippen LogP contribution in [0.15, 0.2) is 42.7 Å². The van der Waals surface area contributed by atoms with Crippen LogP contribution in [0.1, 0.15) is 38.2 Å². The van der Waals surface area contributed by atoms with Crippen molar-refractivity contribution in [3.8, 4) is 5.75 Å². The summed E-state index contributed by atoms with van der Waals surface area (Å²) in [5, 5.41) is 9.46. The molecular weight excluding hydrogens is 620 g/mol. The van der Waals surface area contributed by atoms with Gasteiger partial charge in [-0.2, -0.15) is 4.31 Å². The van der Waals surface area contributed by atoms with E-state index < -0.39 is 26.5 Å². The minimum Gasteiger partial charge on any atom is -0.491 e. The number of halogens is 4. The third-order valence-corrected chi connectivity index (χ3v) is 10.0. The molecular formula is C26H39Cl3FN5O5S. The summed E-state index contributed by atoms with van der Waals surface area (Å²) in [6.07, 6.45) is 5.38. The van der Waals surface area contributed by atoms with E-state index in [1.54, 1.807) is 30.0 Å². The number of ether oxygens (including phenoxy) is 1. The van der Waals surface area contributed by atoms with E-state index in [2.05, 4.69) is 9.88 Å². The Morgan fingerprint density at radius 1 is 1.10 bits per heavy atom. The number of pyridine rings is 1. The van der Waals surface area contributed by atoms with E-state index in [9.17, 15) is 22.8 Å². The number of hydrogen-bond donors (Lipinski definition) is 2. The predicted molar refractivity (Wildman–Crippen MR) is 163 cm³/mol. The molecule has 15 heteroatoms. The number of piperazine rings is 1. The smallest absolute Gasteiger partial charge is 0.266 e. The first kappa shape index (κ1) is 37.1. The summed E-state index contributed by atoms with van der Waals surface area (Å²) >= 11 is 0. The number of rotatable bonds is 10. The summed E-state index contributed by atoms with van der Waals surface area (Å²) in [5.41, 5.74) is 3.26. The molecule has 0 spiro atoms. The lowest BCUT2D eigenvalue weighted by Gasteiger charge is -2.44. The number of anilines is 1. The minimum atomic E-state index is -4.09. The zero-order valence-corrected chi connectivity index (χ0v) is 26.2. The summed E-state index contributed by atoms with van der Waals surface area (Å²) in [4.78, 5) is 20.9. The first-order chi connectivity index (χ1) is 18.3. The zero-order chi connectivity index (χ0) is 27.2. The number of carbonyl (C=O) groups is 1. The van der Waals surface area contributed by atoms with Gasteiger partial charge in [-0.05, 0) is 43.0 Å². The van der Waals surface area contributed by atoms with Gasteiger partial charge in [0.15, 0.2) is 16.3 Å². The molecule has 2 aromatic rings. The SMILES string of the molecule is CCCCOc1ccc(N2CCN(S(=O)(=O)C3(C(=O)NO)CCN(Cc4cccnc4)CC3)CC2)cc1F.Cl.Cl.Cl. The topological polar surface area (TPSA) is 115 Å². The molecule has 2 fully saturated rings. The number of hydrogen-bond acceptors (Lipinski definition) is 8. The molecule has 0 bridgehead atoms. The van der Waals surface area contributed by atoms with Crippen LogP contribution in [0.2, 0.25) is 0 Å². The molecule has 0 aliphatic carbocycles. The van der Waals surface area contributed by atoms with E-state index in [4.69, 9.17) is 4.74 Å². The fourth-order valence-electron chi connectivity index (χ4n) is 5.09. The molecule has 4 rings (SSSR count). The summed E-state index contributed by atoms with van der Waals surface area (Å²) in [6.45, 7) is 4.85. The van der Waals surface area contributed by atoms with E-state index in [1.165, 1.54) is 10.4 Å².